The van der Waals surface area contributed by atoms with E-state index in [0.29, 0.717) is 6.61 Å². The standard InChI is InChI=1S/C16H20O2/c1-12(10-11-18-2)16(17)15-9-5-7-13-6-3-4-8-14(13)15/h3-9,12,16-17H,10-11H2,1-2H3. The van der Waals surface area contributed by atoms with Crippen molar-refractivity contribution in [1.82, 2.24) is 0 Å². The lowest BCUT2D eigenvalue weighted by Crippen LogP contribution is -2.11. The van der Waals surface area contributed by atoms with Crippen LogP contribution in [-0.4, -0.2) is 18.8 Å². The minimum atomic E-state index is -0.439. The SMILES string of the molecule is COCCC(C)C(O)c1cccc2ccccc12. The predicted molar refractivity (Wildman–Crippen MR) is 74.6 cm³/mol. The van der Waals surface area contributed by atoms with E-state index in [1.54, 1.807) is 7.11 Å². The first-order valence-electron chi connectivity index (χ1n) is 6.38. The Balaban J connectivity index is 2.29. The second-order valence-electron chi connectivity index (χ2n) is 4.77. The lowest BCUT2D eigenvalue weighted by molar-refractivity contribution is 0.0896. The van der Waals surface area contributed by atoms with E-state index in [2.05, 4.69) is 25.1 Å². The van der Waals surface area contributed by atoms with Crippen LogP contribution in [0.25, 0.3) is 10.8 Å². The maximum Gasteiger partial charge on any atom is 0.0822 e. The summed E-state index contributed by atoms with van der Waals surface area (Å²) < 4.78 is 5.07. The molecule has 0 heterocycles. The highest BCUT2D eigenvalue weighted by atomic mass is 16.5. The van der Waals surface area contributed by atoms with Gasteiger partial charge in [-0.2, -0.15) is 0 Å². The van der Waals surface area contributed by atoms with E-state index in [-0.39, 0.29) is 5.92 Å². The molecule has 2 aromatic carbocycles. The number of hydrogen-bond acceptors (Lipinski definition) is 2. The van der Waals surface area contributed by atoms with Crippen molar-refractivity contribution >= 4 is 10.8 Å². The van der Waals surface area contributed by atoms with Crippen LogP contribution in [0.5, 0.6) is 0 Å². The van der Waals surface area contributed by atoms with Crippen LogP contribution >= 0.6 is 0 Å². The Morgan fingerprint density at radius 2 is 1.83 bits per heavy atom. The lowest BCUT2D eigenvalue weighted by Gasteiger charge is -2.20. The molecule has 0 amide bonds. The minimum absolute atomic E-state index is 0.191. The molecule has 0 aliphatic carbocycles. The van der Waals surface area contributed by atoms with Gasteiger partial charge in [0.15, 0.2) is 0 Å². The number of methoxy groups -OCH3 is 1. The van der Waals surface area contributed by atoms with E-state index >= 15 is 0 Å². The van der Waals surface area contributed by atoms with Crippen molar-refractivity contribution in [2.75, 3.05) is 13.7 Å². The fourth-order valence-corrected chi connectivity index (χ4v) is 2.28. The molecule has 2 atom stereocenters. The average Bonchev–Trinajstić information content (AvgIpc) is 2.43. The van der Waals surface area contributed by atoms with Crippen LogP contribution in [0.4, 0.5) is 0 Å². The Kier molecular flexibility index (Phi) is 4.34. The van der Waals surface area contributed by atoms with Crippen molar-refractivity contribution in [3.8, 4) is 0 Å². The van der Waals surface area contributed by atoms with Crippen LogP contribution in [0, 0.1) is 5.92 Å². The van der Waals surface area contributed by atoms with Gasteiger partial charge in [-0.3, -0.25) is 0 Å². The molecule has 96 valence electrons. The van der Waals surface area contributed by atoms with Gasteiger partial charge in [0.1, 0.15) is 0 Å². The molecular formula is C16H20O2. The van der Waals surface area contributed by atoms with Crippen LogP contribution in [0.15, 0.2) is 42.5 Å². The van der Waals surface area contributed by atoms with E-state index < -0.39 is 6.10 Å². The van der Waals surface area contributed by atoms with Gasteiger partial charge in [-0.05, 0) is 28.7 Å². The molecule has 18 heavy (non-hydrogen) atoms. The van der Waals surface area contributed by atoms with Gasteiger partial charge in [0, 0.05) is 13.7 Å². The fourth-order valence-electron chi connectivity index (χ4n) is 2.28. The zero-order valence-electron chi connectivity index (χ0n) is 11.0. The molecule has 2 unspecified atom stereocenters. The van der Waals surface area contributed by atoms with Crippen molar-refractivity contribution in [1.29, 1.82) is 0 Å². The van der Waals surface area contributed by atoms with Crippen LogP contribution in [0.2, 0.25) is 0 Å². The smallest absolute Gasteiger partial charge is 0.0822 e. The van der Waals surface area contributed by atoms with Gasteiger partial charge >= 0.3 is 0 Å². The molecule has 0 radical (unpaired) electrons. The number of aliphatic hydroxyl groups excluding tert-OH is 1. The van der Waals surface area contributed by atoms with E-state index in [1.165, 1.54) is 5.39 Å². The third-order valence-electron chi connectivity index (χ3n) is 3.46. The second kappa shape index (κ2) is 5.98. The third kappa shape index (κ3) is 2.71. The molecule has 2 heteroatoms. The van der Waals surface area contributed by atoms with Crippen molar-refractivity contribution in [3.05, 3.63) is 48.0 Å². The molecule has 0 fully saturated rings. The number of benzene rings is 2. The van der Waals surface area contributed by atoms with Gasteiger partial charge in [-0.1, -0.05) is 49.4 Å². The number of fused-ring (bicyclic) bond motifs is 1. The molecule has 0 saturated carbocycles. The lowest BCUT2D eigenvalue weighted by atomic mass is 9.91. The summed E-state index contributed by atoms with van der Waals surface area (Å²) in [4.78, 5) is 0. The molecule has 2 rings (SSSR count). The molecule has 0 saturated heterocycles. The van der Waals surface area contributed by atoms with Crippen molar-refractivity contribution in [2.24, 2.45) is 5.92 Å². The fraction of sp³-hybridized carbons (Fsp3) is 0.375. The number of hydrogen-bond donors (Lipinski definition) is 1. The first kappa shape index (κ1) is 13.1. The zero-order chi connectivity index (χ0) is 13.0. The molecule has 2 nitrogen and oxygen atoms in total. The van der Waals surface area contributed by atoms with Crippen LogP contribution < -0.4 is 0 Å². The molecule has 0 aromatic heterocycles. The first-order valence-corrected chi connectivity index (χ1v) is 6.38. The zero-order valence-corrected chi connectivity index (χ0v) is 11.0. The van der Waals surface area contributed by atoms with Crippen LogP contribution in [-0.2, 0) is 4.74 Å². The third-order valence-corrected chi connectivity index (χ3v) is 3.46. The summed E-state index contributed by atoms with van der Waals surface area (Å²) in [5, 5.41) is 12.8. The highest BCUT2D eigenvalue weighted by molar-refractivity contribution is 5.85. The van der Waals surface area contributed by atoms with E-state index in [1.807, 2.05) is 24.3 Å². The van der Waals surface area contributed by atoms with Gasteiger partial charge in [0.2, 0.25) is 0 Å². The van der Waals surface area contributed by atoms with Crippen LogP contribution in [0.3, 0.4) is 0 Å². The summed E-state index contributed by atoms with van der Waals surface area (Å²) >= 11 is 0. The monoisotopic (exact) mass is 244 g/mol. The molecule has 0 bridgehead atoms. The van der Waals surface area contributed by atoms with Crippen LogP contribution in [0.1, 0.15) is 25.0 Å². The maximum atomic E-state index is 10.5. The number of aliphatic hydroxyl groups is 1. The minimum Gasteiger partial charge on any atom is -0.388 e. The molecule has 1 N–H and O–H groups in total. The Morgan fingerprint density at radius 3 is 2.61 bits per heavy atom. The summed E-state index contributed by atoms with van der Waals surface area (Å²) in [6, 6.07) is 14.3. The number of ether oxygens (including phenoxy) is 1. The normalized spacial score (nSPS) is 14.6. The molecule has 0 spiro atoms. The summed E-state index contributed by atoms with van der Waals surface area (Å²) in [6.07, 6.45) is 0.423. The Labute approximate surface area is 108 Å². The topological polar surface area (TPSA) is 29.5 Å². The predicted octanol–water partition coefficient (Wildman–Crippen LogP) is 3.55. The Hall–Kier alpha value is -1.38. The summed E-state index contributed by atoms with van der Waals surface area (Å²) in [5.41, 5.74) is 1.01. The summed E-state index contributed by atoms with van der Waals surface area (Å²) in [5.74, 6) is 0.191. The maximum absolute atomic E-state index is 10.5. The van der Waals surface area contributed by atoms with Crippen molar-refractivity contribution < 1.29 is 9.84 Å². The number of rotatable bonds is 5. The van der Waals surface area contributed by atoms with Gasteiger partial charge in [0.05, 0.1) is 6.10 Å². The highest BCUT2D eigenvalue weighted by Crippen LogP contribution is 2.30. The van der Waals surface area contributed by atoms with Gasteiger partial charge < -0.3 is 9.84 Å². The largest absolute Gasteiger partial charge is 0.388 e. The van der Waals surface area contributed by atoms with Gasteiger partial charge in [0.25, 0.3) is 0 Å². The Morgan fingerprint density at radius 1 is 1.11 bits per heavy atom. The van der Waals surface area contributed by atoms with E-state index in [0.717, 1.165) is 17.4 Å². The Bertz CT molecular complexity index is 502. The first-order chi connectivity index (χ1) is 8.74. The summed E-state index contributed by atoms with van der Waals surface area (Å²) in [6.45, 7) is 2.74. The highest BCUT2D eigenvalue weighted by Gasteiger charge is 2.17. The molecule has 2 aromatic rings. The van der Waals surface area contributed by atoms with Gasteiger partial charge in [-0.15, -0.1) is 0 Å². The molecular weight excluding hydrogens is 224 g/mol. The summed E-state index contributed by atoms with van der Waals surface area (Å²) in [7, 11) is 1.69. The molecule has 0 aliphatic heterocycles. The molecule has 0 aliphatic rings. The van der Waals surface area contributed by atoms with Crippen molar-refractivity contribution in [2.45, 2.75) is 19.4 Å². The van der Waals surface area contributed by atoms with E-state index in [4.69, 9.17) is 4.74 Å². The van der Waals surface area contributed by atoms with Gasteiger partial charge in [-0.25, -0.2) is 0 Å². The van der Waals surface area contributed by atoms with E-state index in [9.17, 15) is 5.11 Å². The van der Waals surface area contributed by atoms with Crippen molar-refractivity contribution in [3.63, 3.8) is 0 Å². The second-order valence-corrected chi connectivity index (χ2v) is 4.77. The quantitative estimate of drug-likeness (QED) is 0.871. The average molecular weight is 244 g/mol.